The van der Waals surface area contributed by atoms with Crippen LogP contribution >= 0.6 is 11.3 Å². The lowest BCUT2D eigenvalue weighted by Gasteiger charge is -2.12. The molecule has 0 unspecified atom stereocenters. The summed E-state index contributed by atoms with van der Waals surface area (Å²) in [5.74, 6) is 0.667. The maximum absolute atomic E-state index is 5.36. The lowest BCUT2D eigenvalue weighted by Crippen LogP contribution is -2.03. The number of hydrogen-bond donors (Lipinski definition) is 0. The molecular formula is C52H31N3S. The number of benzene rings is 9. The SMILES string of the molecule is c1ccc2cc(-c3nc(-n4c5ccccc5c5c6ccc(-c7ccc(-c8cccc9c8sc8ccccc89)cc7)cc6ccc54)nc4ccccc34)ccc2c1. The van der Waals surface area contributed by atoms with Crippen LogP contribution in [0.15, 0.2) is 188 Å². The quantitative estimate of drug-likeness (QED) is 0.181. The van der Waals surface area contributed by atoms with Gasteiger partial charge in [0.15, 0.2) is 0 Å². The second-order valence-corrected chi connectivity index (χ2v) is 15.6. The van der Waals surface area contributed by atoms with E-state index in [0.717, 1.165) is 33.2 Å². The fraction of sp³-hybridized carbons (Fsp3) is 0. The van der Waals surface area contributed by atoms with Crippen molar-refractivity contribution in [2.45, 2.75) is 0 Å². The number of aromatic nitrogens is 3. The molecule has 0 atom stereocenters. The molecule has 260 valence electrons. The monoisotopic (exact) mass is 729 g/mol. The summed E-state index contributed by atoms with van der Waals surface area (Å²) in [5, 5.41) is 10.9. The Labute approximate surface area is 326 Å². The van der Waals surface area contributed by atoms with Crippen molar-refractivity contribution in [1.82, 2.24) is 14.5 Å². The van der Waals surface area contributed by atoms with Crippen LogP contribution in [0.5, 0.6) is 0 Å². The maximum Gasteiger partial charge on any atom is 0.235 e. The molecule has 3 nitrogen and oxygen atoms in total. The van der Waals surface area contributed by atoms with E-state index in [1.165, 1.54) is 74.7 Å². The van der Waals surface area contributed by atoms with Gasteiger partial charge in [0.25, 0.3) is 0 Å². The molecule has 0 N–H and O–H groups in total. The number of para-hydroxylation sites is 2. The molecule has 3 aromatic heterocycles. The molecule has 0 spiro atoms. The van der Waals surface area contributed by atoms with Gasteiger partial charge < -0.3 is 0 Å². The number of rotatable bonds is 4. The average molecular weight is 730 g/mol. The van der Waals surface area contributed by atoms with Crippen molar-refractivity contribution < 1.29 is 0 Å². The van der Waals surface area contributed by atoms with E-state index in [1.54, 1.807) is 0 Å². The lowest BCUT2D eigenvalue weighted by atomic mass is 9.96. The Hall–Kier alpha value is -7.14. The van der Waals surface area contributed by atoms with Gasteiger partial charge in [-0.1, -0.05) is 152 Å². The minimum Gasteiger partial charge on any atom is -0.278 e. The van der Waals surface area contributed by atoms with Crippen LogP contribution in [0.4, 0.5) is 0 Å². The van der Waals surface area contributed by atoms with Crippen molar-refractivity contribution >= 4 is 85.8 Å². The molecule has 12 rings (SSSR count). The van der Waals surface area contributed by atoms with Gasteiger partial charge in [0.2, 0.25) is 5.95 Å². The fourth-order valence-corrected chi connectivity index (χ4v) is 9.97. The van der Waals surface area contributed by atoms with Crippen molar-refractivity contribution in [1.29, 1.82) is 0 Å². The summed E-state index contributed by atoms with van der Waals surface area (Å²) in [7, 11) is 0. The van der Waals surface area contributed by atoms with Crippen LogP contribution in [0.2, 0.25) is 0 Å². The lowest BCUT2D eigenvalue weighted by molar-refractivity contribution is 1.01. The summed E-state index contributed by atoms with van der Waals surface area (Å²) >= 11 is 1.88. The zero-order chi connectivity index (χ0) is 36.7. The summed E-state index contributed by atoms with van der Waals surface area (Å²) in [6.07, 6.45) is 0. The zero-order valence-electron chi connectivity index (χ0n) is 30.1. The molecule has 4 heteroatoms. The average Bonchev–Trinajstić information content (AvgIpc) is 3.82. The molecule has 0 saturated heterocycles. The zero-order valence-corrected chi connectivity index (χ0v) is 31.0. The summed E-state index contributed by atoms with van der Waals surface area (Å²) in [6, 6.07) is 67.9. The first-order valence-electron chi connectivity index (χ1n) is 19.0. The molecule has 0 aliphatic carbocycles. The second-order valence-electron chi connectivity index (χ2n) is 14.6. The topological polar surface area (TPSA) is 30.7 Å². The van der Waals surface area contributed by atoms with E-state index in [4.69, 9.17) is 9.97 Å². The van der Waals surface area contributed by atoms with Crippen LogP contribution < -0.4 is 0 Å². The third-order valence-electron chi connectivity index (χ3n) is 11.4. The smallest absolute Gasteiger partial charge is 0.235 e. The van der Waals surface area contributed by atoms with Crippen molar-refractivity contribution in [3.8, 4) is 39.5 Å². The summed E-state index contributed by atoms with van der Waals surface area (Å²) < 4.78 is 4.91. The molecule has 0 amide bonds. The normalized spacial score (nSPS) is 11.9. The highest BCUT2D eigenvalue weighted by Gasteiger charge is 2.19. The van der Waals surface area contributed by atoms with Gasteiger partial charge in [0.05, 0.1) is 22.2 Å². The number of fused-ring (bicyclic) bond motifs is 10. The molecular weight excluding hydrogens is 699 g/mol. The van der Waals surface area contributed by atoms with Gasteiger partial charge in [-0.15, -0.1) is 11.3 Å². The van der Waals surface area contributed by atoms with Crippen LogP contribution in [-0.2, 0) is 0 Å². The van der Waals surface area contributed by atoms with Gasteiger partial charge >= 0.3 is 0 Å². The fourth-order valence-electron chi connectivity index (χ4n) is 8.73. The minimum atomic E-state index is 0.667. The van der Waals surface area contributed by atoms with Crippen molar-refractivity contribution in [3.63, 3.8) is 0 Å². The standard InChI is InChI=1S/C52H31N3S/c1-2-11-35-31-38(25-22-32(35)10-1)50-43-13-3-6-17-45(43)53-52(54-50)55-46-18-7-4-14-44(46)49-39-28-26-36(30-37(39)27-29-47(49)55)33-20-23-34(24-21-33)40-15-9-16-42-41-12-5-8-19-48(41)56-51(40)42/h1-31H. The van der Waals surface area contributed by atoms with E-state index < -0.39 is 0 Å². The molecule has 0 fully saturated rings. The third-order valence-corrected chi connectivity index (χ3v) is 12.6. The van der Waals surface area contributed by atoms with Crippen LogP contribution in [0.1, 0.15) is 0 Å². The molecule has 0 aliphatic rings. The van der Waals surface area contributed by atoms with Crippen LogP contribution in [0, 0.1) is 0 Å². The first-order valence-corrected chi connectivity index (χ1v) is 19.8. The Balaban J connectivity index is 0.984. The number of thiophene rings is 1. The Bertz CT molecular complexity index is 3540. The molecule has 56 heavy (non-hydrogen) atoms. The van der Waals surface area contributed by atoms with E-state index >= 15 is 0 Å². The third kappa shape index (κ3) is 4.76. The molecule has 9 aromatic carbocycles. The minimum absolute atomic E-state index is 0.667. The first kappa shape index (κ1) is 31.2. The first-order chi connectivity index (χ1) is 27.7. The molecule has 3 heterocycles. The van der Waals surface area contributed by atoms with Gasteiger partial charge in [0.1, 0.15) is 0 Å². The Morgan fingerprint density at radius 2 is 1.07 bits per heavy atom. The van der Waals surface area contributed by atoms with Gasteiger partial charge in [0, 0.05) is 41.9 Å². The summed E-state index contributed by atoms with van der Waals surface area (Å²) in [6.45, 7) is 0. The Morgan fingerprint density at radius 3 is 1.98 bits per heavy atom. The highest BCUT2D eigenvalue weighted by atomic mass is 32.1. The predicted octanol–water partition coefficient (Wildman–Crippen LogP) is 14.4. The van der Waals surface area contributed by atoms with E-state index in [2.05, 4.69) is 193 Å². The molecule has 0 saturated carbocycles. The van der Waals surface area contributed by atoms with Crippen LogP contribution in [0.3, 0.4) is 0 Å². The van der Waals surface area contributed by atoms with E-state index in [-0.39, 0.29) is 0 Å². The van der Waals surface area contributed by atoms with Crippen molar-refractivity contribution in [3.05, 3.63) is 188 Å². The van der Waals surface area contributed by atoms with Crippen LogP contribution in [0.25, 0.3) is 114 Å². The Kier molecular flexibility index (Phi) is 6.80. The largest absolute Gasteiger partial charge is 0.278 e. The summed E-state index contributed by atoms with van der Waals surface area (Å²) in [5.41, 5.74) is 10.0. The van der Waals surface area contributed by atoms with E-state index in [1.807, 2.05) is 11.3 Å². The molecule has 0 aliphatic heterocycles. The van der Waals surface area contributed by atoms with Crippen molar-refractivity contribution in [2.75, 3.05) is 0 Å². The highest BCUT2D eigenvalue weighted by molar-refractivity contribution is 7.26. The second kappa shape index (κ2) is 12.2. The molecule has 0 radical (unpaired) electrons. The van der Waals surface area contributed by atoms with Gasteiger partial charge in [-0.3, -0.25) is 4.57 Å². The van der Waals surface area contributed by atoms with E-state index in [9.17, 15) is 0 Å². The van der Waals surface area contributed by atoms with Gasteiger partial charge in [-0.2, -0.15) is 0 Å². The molecule has 0 bridgehead atoms. The van der Waals surface area contributed by atoms with Gasteiger partial charge in [-0.05, 0) is 80.2 Å². The highest BCUT2D eigenvalue weighted by Crippen LogP contribution is 2.42. The number of hydrogen-bond acceptors (Lipinski definition) is 3. The van der Waals surface area contributed by atoms with Gasteiger partial charge in [-0.25, -0.2) is 9.97 Å². The summed E-state index contributed by atoms with van der Waals surface area (Å²) in [4.78, 5) is 10.6. The number of nitrogens with zero attached hydrogens (tertiary/aromatic N) is 3. The molecule has 12 aromatic rings. The van der Waals surface area contributed by atoms with Crippen molar-refractivity contribution in [2.24, 2.45) is 0 Å². The van der Waals surface area contributed by atoms with Crippen LogP contribution in [-0.4, -0.2) is 14.5 Å². The maximum atomic E-state index is 5.36. The van der Waals surface area contributed by atoms with E-state index in [0.29, 0.717) is 5.95 Å². The Morgan fingerprint density at radius 1 is 0.393 bits per heavy atom. The predicted molar refractivity (Wildman–Crippen MR) is 238 cm³/mol.